The number of carboxylic acids is 1. The first kappa shape index (κ1) is 14.5. The van der Waals surface area contributed by atoms with Crippen molar-refractivity contribution in [1.82, 2.24) is 0 Å². The van der Waals surface area contributed by atoms with Crippen molar-refractivity contribution >= 4 is 11.9 Å². The van der Waals surface area contributed by atoms with Crippen molar-refractivity contribution in [3.63, 3.8) is 0 Å². The SMILES string of the molecule is COC(=O)Cc1ccc2c(c1)CC(CN)(CC(=O)O)C2. The number of aliphatic carboxylic acids is 1. The van der Waals surface area contributed by atoms with Crippen molar-refractivity contribution in [2.75, 3.05) is 13.7 Å². The molecule has 0 heterocycles. The van der Waals surface area contributed by atoms with Crippen LogP contribution in [0.3, 0.4) is 0 Å². The fourth-order valence-electron chi connectivity index (χ4n) is 2.90. The minimum atomic E-state index is -0.821. The van der Waals surface area contributed by atoms with Crippen LogP contribution in [0.1, 0.15) is 23.1 Å². The van der Waals surface area contributed by atoms with Crippen molar-refractivity contribution in [3.8, 4) is 0 Å². The summed E-state index contributed by atoms with van der Waals surface area (Å²) < 4.78 is 4.65. The number of hydrogen-bond donors (Lipinski definition) is 2. The molecule has 0 saturated heterocycles. The topological polar surface area (TPSA) is 89.6 Å². The largest absolute Gasteiger partial charge is 0.481 e. The predicted octanol–water partition coefficient (Wildman–Crippen LogP) is 0.920. The molecule has 1 aromatic rings. The zero-order valence-corrected chi connectivity index (χ0v) is 11.5. The molecule has 1 unspecified atom stereocenters. The number of carboxylic acid groups (broad SMARTS) is 1. The lowest BCUT2D eigenvalue weighted by molar-refractivity contribution is -0.140. The van der Waals surface area contributed by atoms with Crippen LogP contribution in [-0.4, -0.2) is 30.7 Å². The molecule has 1 aliphatic carbocycles. The lowest BCUT2D eigenvalue weighted by Gasteiger charge is -2.24. The van der Waals surface area contributed by atoms with E-state index in [0.717, 1.165) is 16.7 Å². The van der Waals surface area contributed by atoms with Gasteiger partial charge in [-0.15, -0.1) is 0 Å². The highest BCUT2D eigenvalue weighted by Gasteiger charge is 2.38. The second-order valence-electron chi connectivity index (χ2n) is 5.48. The normalized spacial score (nSPS) is 20.5. The first-order valence-electron chi connectivity index (χ1n) is 6.57. The van der Waals surface area contributed by atoms with Gasteiger partial charge in [-0.25, -0.2) is 0 Å². The molecule has 0 aromatic heterocycles. The smallest absolute Gasteiger partial charge is 0.309 e. The molecule has 3 N–H and O–H groups in total. The van der Waals surface area contributed by atoms with Gasteiger partial charge in [0.05, 0.1) is 20.0 Å². The van der Waals surface area contributed by atoms with Gasteiger partial charge in [0.1, 0.15) is 0 Å². The van der Waals surface area contributed by atoms with E-state index in [1.54, 1.807) is 0 Å². The second kappa shape index (κ2) is 5.63. The Labute approximate surface area is 117 Å². The lowest BCUT2D eigenvalue weighted by atomic mass is 9.81. The van der Waals surface area contributed by atoms with E-state index < -0.39 is 11.4 Å². The Morgan fingerprint density at radius 2 is 2.05 bits per heavy atom. The van der Waals surface area contributed by atoms with Crippen molar-refractivity contribution < 1.29 is 19.4 Å². The summed E-state index contributed by atoms with van der Waals surface area (Å²) in [5.74, 6) is -1.10. The van der Waals surface area contributed by atoms with E-state index in [2.05, 4.69) is 4.74 Å². The number of benzene rings is 1. The summed E-state index contributed by atoms with van der Waals surface area (Å²) in [7, 11) is 1.36. The van der Waals surface area contributed by atoms with E-state index in [1.807, 2.05) is 18.2 Å². The number of methoxy groups -OCH3 is 1. The first-order chi connectivity index (χ1) is 9.48. The molecule has 5 nitrogen and oxygen atoms in total. The molecule has 1 atom stereocenters. The molecule has 108 valence electrons. The van der Waals surface area contributed by atoms with Gasteiger partial charge in [-0.2, -0.15) is 0 Å². The molecule has 0 radical (unpaired) electrons. The van der Waals surface area contributed by atoms with E-state index >= 15 is 0 Å². The van der Waals surface area contributed by atoms with E-state index in [4.69, 9.17) is 10.8 Å². The molecular formula is C15H19NO4. The minimum Gasteiger partial charge on any atom is -0.481 e. The summed E-state index contributed by atoms with van der Waals surface area (Å²) in [4.78, 5) is 22.3. The Kier molecular flexibility index (Phi) is 4.09. The van der Waals surface area contributed by atoms with Crippen molar-refractivity contribution in [2.24, 2.45) is 11.1 Å². The van der Waals surface area contributed by atoms with Gasteiger partial charge >= 0.3 is 11.9 Å². The highest BCUT2D eigenvalue weighted by Crippen LogP contribution is 2.39. The van der Waals surface area contributed by atoms with Gasteiger partial charge in [0.15, 0.2) is 0 Å². The molecule has 0 amide bonds. The Bertz CT molecular complexity index is 541. The van der Waals surface area contributed by atoms with Crippen LogP contribution in [0.5, 0.6) is 0 Å². The zero-order valence-electron chi connectivity index (χ0n) is 11.5. The van der Waals surface area contributed by atoms with Crippen LogP contribution in [0.4, 0.5) is 0 Å². The highest BCUT2D eigenvalue weighted by atomic mass is 16.5. The van der Waals surface area contributed by atoms with Gasteiger partial charge in [0, 0.05) is 5.41 Å². The molecule has 2 rings (SSSR count). The average Bonchev–Trinajstić information content (AvgIpc) is 2.75. The summed E-state index contributed by atoms with van der Waals surface area (Å²) in [6.45, 7) is 0.348. The van der Waals surface area contributed by atoms with Crippen LogP contribution in [0.25, 0.3) is 0 Å². The second-order valence-corrected chi connectivity index (χ2v) is 5.48. The summed E-state index contributed by atoms with van der Waals surface area (Å²) in [6.07, 6.45) is 1.65. The van der Waals surface area contributed by atoms with Crippen LogP contribution >= 0.6 is 0 Å². The van der Waals surface area contributed by atoms with Gasteiger partial charge in [-0.05, 0) is 36.1 Å². The van der Waals surface area contributed by atoms with E-state index in [9.17, 15) is 9.59 Å². The predicted molar refractivity (Wildman–Crippen MR) is 73.3 cm³/mol. The number of nitrogens with two attached hydrogens (primary N) is 1. The van der Waals surface area contributed by atoms with Gasteiger partial charge in [-0.1, -0.05) is 18.2 Å². The van der Waals surface area contributed by atoms with Gasteiger partial charge < -0.3 is 15.6 Å². The van der Waals surface area contributed by atoms with Crippen molar-refractivity contribution in [3.05, 3.63) is 34.9 Å². The van der Waals surface area contributed by atoms with Crippen LogP contribution < -0.4 is 5.73 Å². The maximum Gasteiger partial charge on any atom is 0.309 e. The molecule has 20 heavy (non-hydrogen) atoms. The minimum absolute atomic E-state index is 0.0739. The third-order valence-corrected chi connectivity index (χ3v) is 3.94. The Hall–Kier alpha value is -1.88. The fraction of sp³-hybridized carbons (Fsp3) is 0.467. The van der Waals surface area contributed by atoms with Crippen LogP contribution in [0.2, 0.25) is 0 Å². The summed E-state index contributed by atoms with van der Waals surface area (Å²) in [5.41, 5.74) is 8.52. The van der Waals surface area contributed by atoms with Gasteiger partial charge in [0.2, 0.25) is 0 Å². The third kappa shape index (κ3) is 2.99. The zero-order chi connectivity index (χ0) is 14.8. The maximum atomic E-state index is 11.3. The standard InChI is InChI=1S/C15H19NO4/c1-20-14(19)5-10-2-3-11-6-15(9-16,8-13(17)18)7-12(11)4-10/h2-4H,5-9,16H2,1H3,(H,17,18). The number of fused-ring (bicyclic) bond motifs is 1. The van der Waals surface area contributed by atoms with Crippen molar-refractivity contribution in [2.45, 2.75) is 25.7 Å². The van der Waals surface area contributed by atoms with Crippen LogP contribution in [-0.2, 0) is 33.6 Å². The summed E-state index contributed by atoms with van der Waals surface area (Å²) in [6, 6.07) is 5.82. The Balaban J connectivity index is 2.19. The van der Waals surface area contributed by atoms with Crippen LogP contribution in [0, 0.1) is 5.41 Å². The molecule has 0 bridgehead atoms. The molecule has 0 spiro atoms. The third-order valence-electron chi connectivity index (χ3n) is 3.94. The molecular weight excluding hydrogens is 258 g/mol. The van der Waals surface area contributed by atoms with E-state index in [0.29, 0.717) is 19.4 Å². The molecule has 0 fully saturated rings. The number of rotatable bonds is 5. The molecule has 0 saturated carbocycles. The Morgan fingerprint density at radius 3 is 2.65 bits per heavy atom. The average molecular weight is 277 g/mol. The summed E-state index contributed by atoms with van der Waals surface area (Å²) >= 11 is 0. The molecule has 1 aliphatic rings. The number of carbonyl (C=O) groups is 2. The van der Waals surface area contributed by atoms with E-state index in [-0.39, 0.29) is 18.8 Å². The highest BCUT2D eigenvalue weighted by molar-refractivity contribution is 5.72. The molecule has 5 heteroatoms. The molecule has 1 aromatic carbocycles. The number of hydrogen-bond acceptors (Lipinski definition) is 4. The maximum absolute atomic E-state index is 11.3. The number of carbonyl (C=O) groups excluding carboxylic acids is 1. The lowest BCUT2D eigenvalue weighted by Crippen LogP contribution is -2.33. The van der Waals surface area contributed by atoms with Gasteiger partial charge in [0.25, 0.3) is 0 Å². The fourth-order valence-corrected chi connectivity index (χ4v) is 2.90. The van der Waals surface area contributed by atoms with Crippen LogP contribution in [0.15, 0.2) is 18.2 Å². The van der Waals surface area contributed by atoms with Gasteiger partial charge in [-0.3, -0.25) is 9.59 Å². The summed E-state index contributed by atoms with van der Waals surface area (Å²) in [5, 5.41) is 9.04. The quantitative estimate of drug-likeness (QED) is 0.781. The van der Waals surface area contributed by atoms with Crippen molar-refractivity contribution in [1.29, 1.82) is 0 Å². The number of ether oxygens (including phenoxy) is 1. The Morgan fingerprint density at radius 1 is 1.35 bits per heavy atom. The molecule has 0 aliphatic heterocycles. The first-order valence-corrected chi connectivity index (χ1v) is 6.57. The van der Waals surface area contributed by atoms with E-state index in [1.165, 1.54) is 7.11 Å². The number of esters is 1. The monoisotopic (exact) mass is 277 g/mol.